The molecule has 1 aliphatic heterocycles. The van der Waals surface area contributed by atoms with Crippen molar-refractivity contribution >= 4 is 0 Å². The van der Waals surface area contributed by atoms with Crippen LogP contribution in [-0.2, 0) is 6.54 Å². The lowest BCUT2D eigenvalue weighted by Crippen LogP contribution is -2.53. The molecule has 0 bridgehead atoms. The van der Waals surface area contributed by atoms with E-state index in [1.807, 2.05) is 6.07 Å². The average molecular weight is 335 g/mol. The SMILES string of the molecule is CCC(CC)CN1CCN(Cc2cccc(OC)c2)[C@@H](CCO)C1. The van der Waals surface area contributed by atoms with Gasteiger partial charge >= 0.3 is 0 Å². The average Bonchev–Trinajstić information content (AvgIpc) is 2.62. The Morgan fingerprint density at radius 2 is 2.04 bits per heavy atom. The number of rotatable bonds is 9. The van der Waals surface area contributed by atoms with Crippen molar-refractivity contribution < 1.29 is 9.84 Å². The minimum atomic E-state index is 0.262. The van der Waals surface area contributed by atoms with Gasteiger partial charge in [-0.3, -0.25) is 4.90 Å². The molecule has 0 unspecified atom stereocenters. The maximum atomic E-state index is 9.48. The number of aliphatic hydroxyl groups excluding tert-OH is 1. The monoisotopic (exact) mass is 334 g/mol. The second-order valence-electron chi connectivity index (χ2n) is 6.93. The zero-order valence-electron chi connectivity index (χ0n) is 15.6. The maximum Gasteiger partial charge on any atom is 0.119 e. The Morgan fingerprint density at radius 1 is 1.25 bits per heavy atom. The molecule has 24 heavy (non-hydrogen) atoms. The van der Waals surface area contributed by atoms with Crippen LogP contribution in [-0.4, -0.2) is 60.8 Å². The van der Waals surface area contributed by atoms with Gasteiger partial charge in [0.1, 0.15) is 5.75 Å². The van der Waals surface area contributed by atoms with Gasteiger partial charge in [0.2, 0.25) is 0 Å². The smallest absolute Gasteiger partial charge is 0.119 e. The van der Waals surface area contributed by atoms with Gasteiger partial charge in [-0.25, -0.2) is 0 Å². The molecule has 0 aromatic heterocycles. The lowest BCUT2D eigenvalue weighted by Gasteiger charge is -2.42. The van der Waals surface area contributed by atoms with E-state index in [0.29, 0.717) is 6.04 Å². The summed E-state index contributed by atoms with van der Waals surface area (Å²) in [4.78, 5) is 5.12. The van der Waals surface area contributed by atoms with E-state index in [1.54, 1.807) is 7.11 Å². The van der Waals surface area contributed by atoms with Gasteiger partial charge in [0.15, 0.2) is 0 Å². The van der Waals surface area contributed by atoms with Gasteiger partial charge in [-0.2, -0.15) is 0 Å². The molecular formula is C20H34N2O2. The number of ether oxygens (including phenoxy) is 1. The topological polar surface area (TPSA) is 35.9 Å². The third kappa shape index (κ3) is 5.47. The van der Waals surface area contributed by atoms with Crippen LogP contribution < -0.4 is 4.74 Å². The van der Waals surface area contributed by atoms with E-state index < -0.39 is 0 Å². The molecule has 1 saturated heterocycles. The number of methoxy groups -OCH3 is 1. The highest BCUT2D eigenvalue weighted by Gasteiger charge is 2.27. The maximum absolute atomic E-state index is 9.48. The molecule has 4 heteroatoms. The van der Waals surface area contributed by atoms with E-state index in [-0.39, 0.29) is 6.61 Å². The molecule has 1 heterocycles. The summed E-state index contributed by atoms with van der Waals surface area (Å²) in [6.07, 6.45) is 3.36. The highest BCUT2D eigenvalue weighted by Crippen LogP contribution is 2.21. The first-order valence-corrected chi connectivity index (χ1v) is 9.40. The van der Waals surface area contributed by atoms with Gasteiger partial charge in [-0.1, -0.05) is 38.8 Å². The molecule has 1 aliphatic rings. The Labute approximate surface area is 147 Å². The number of hydrogen-bond donors (Lipinski definition) is 1. The molecule has 1 aromatic carbocycles. The Hall–Kier alpha value is -1.10. The number of aliphatic hydroxyl groups is 1. The van der Waals surface area contributed by atoms with E-state index in [2.05, 4.69) is 41.8 Å². The summed E-state index contributed by atoms with van der Waals surface area (Å²) >= 11 is 0. The second kappa shape index (κ2) is 10.0. The van der Waals surface area contributed by atoms with Crippen molar-refractivity contribution in [1.29, 1.82) is 0 Å². The molecule has 2 rings (SSSR count). The number of benzene rings is 1. The zero-order chi connectivity index (χ0) is 17.4. The molecule has 0 amide bonds. The van der Waals surface area contributed by atoms with Crippen molar-refractivity contribution in [2.45, 2.75) is 45.7 Å². The van der Waals surface area contributed by atoms with E-state index >= 15 is 0 Å². The summed E-state index contributed by atoms with van der Waals surface area (Å²) < 4.78 is 5.34. The highest BCUT2D eigenvalue weighted by atomic mass is 16.5. The van der Waals surface area contributed by atoms with Crippen LogP contribution >= 0.6 is 0 Å². The van der Waals surface area contributed by atoms with Gasteiger partial charge in [0, 0.05) is 45.4 Å². The normalized spacial score (nSPS) is 19.8. The van der Waals surface area contributed by atoms with Gasteiger partial charge in [-0.15, -0.1) is 0 Å². The van der Waals surface area contributed by atoms with Crippen LogP contribution in [0, 0.1) is 5.92 Å². The molecule has 1 aromatic rings. The van der Waals surface area contributed by atoms with Crippen molar-refractivity contribution in [1.82, 2.24) is 9.80 Å². The van der Waals surface area contributed by atoms with Crippen LogP contribution in [0.3, 0.4) is 0 Å². The zero-order valence-corrected chi connectivity index (χ0v) is 15.6. The molecule has 0 radical (unpaired) electrons. The second-order valence-corrected chi connectivity index (χ2v) is 6.93. The molecule has 136 valence electrons. The van der Waals surface area contributed by atoms with Gasteiger partial charge in [-0.05, 0) is 30.0 Å². The van der Waals surface area contributed by atoms with Gasteiger partial charge in [0.25, 0.3) is 0 Å². The van der Waals surface area contributed by atoms with Crippen LogP contribution in [0.2, 0.25) is 0 Å². The van der Waals surface area contributed by atoms with Crippen LogP contribution in [0.4, 0.5) is 0 Å². The predicted octanol–water partition coefficient (Wildman–Crippen LogP) is 3.00. The summed E-state index contributed by atoms with van der Waals surface area (Å²) in [5.41, 5.74) is 1.28. The Morgan fingerprint density at radius 3 is 2.71 bits per heavy atom. The molecule has 0 spiro atoms. The number of nitrogens with zero attached hydrogens (tertiary/aromatic N) is 2. The minimum absolute atomic E-state index is 0.262. The van der Waals surface area contributed by atoms with Crippen molar-refractivity contribution in [2.24, 2.45) is 5.92 Å². The molecule has 1 fully saturated rings. The molecular weight excluding hydrogens is 300 g/mol. The first kappa shape index (κ1) is 19.2. The van der Waals surface area contributed by atoms with Crippen molar-refractivity contribution in [3.8, 4) is 5.75 Å². The van der Waals surface area contributed by atoms with E-state index in [1.165, 1.54) is 24.9 Å². The van der Waals surface area contributed by atoms with Crippen molar-refractivity contribution in [2.75, 3.05) is 39.9 Å². The first-order valence-electron chi connectivity index (χ1n) is 9.40. The summed E-state index contributed by atoms with van der Waals surface area (Å²) in [7, 11) is 1.71. The fraction of sp³-hybridized carbons (Fsp3) is 0.700. The van der Waals surface area contributed by atoms with E-state index in [9.17, 15) is 5.11 Å². The fourth-order valence-electron chi connectivity index (χ4n) is 3.67. The molecule has 1 atom stereocenters. The van der Waals surface area contributed by atoms with Crippen LogP contribution in [0.1, 0.15) is 38.7 Å². The Bertz CT molecular complexity index is 476. The lowest BCUT2D eigenvalue weighted by atomic mass is 10.0. The van der Waals surface area contributed by atoms with Crippen molar-refractivity contribution in [3.05, 3.63) is 29.8 Å². The highest BCUT2D eigenvalue weighted by molar-refractivity contribution is 5.28. The number of piperazine rings is 1. The standard InChI is InChI=1S/C20H34N2O2/c1-4-17(5-2)14-21-10-11-22(19(16-21)9-12-23)15-18-7-6-8-20(13-18)24-3/h6-8,13,17,19,23H,4-5,9-12,14-16H2,1-3H3/t19-/m0/s1. The molecule has 0 aliphatic carbocycles. The summed E-state index contributed by atoms with van der Waals surface area (Å²) in [6, 6.07) is 8.76. The molecule has 4 nitrogen and oxygen atoms in total. The Kier molecular flexibility index (Phi) is 8.03. The first-order chi connectivity index (χ1) is 11.7. The summed E-state index contributed by atoms with van der Waals surface area (Å²) in [5.74, 6) is 1.71. The predicted molar refractivity (Wildman–Crippen MR) is 99.4 cm³/mol. The van der Waals surface area contributed by atoms with Crippen LogP contribution in [0.5, 0.6) is 5.75 Å². The van der Waals surface area contributed by atoms with Crippen molar-refractivity contribution in [3.63, 3.8) is 0 Å². The largest absolute Gasteiger partial charge is 0.497 e. The van der Waals surface area contributed by atoms with Gasteiger partial charge in [0.05, 0.1) is 7.11 Å². The molecule has 1 N–H and O–H groups in total. The summed E-state index contributed by atoms with van der Waals surface area (Å²) in [5, 5.41) is 9.48. The van der Waals surface area contributed by atoms with E-state index in [4.69, 9.17) is 4.74 Å². The minimum Gasteiger partial charge on any atom is -0.497 e. The number of hydrogen-bond acceptors (Lipinski definition) is 4. The third-order valence-corrected chi connectivity index (χ3v) is 5.34. The lowest BCUT2D eigenvalue weighted by molar-refractivity contribution is 0.0452. The van der Waals surface area contributed by atoms with E-state index in [0.717, 1.165) is 44.3 Å². The fourth-order valence-corrected chi connectivity index (χ4v) is 3.67. The quantitative estimate of drug-likeness (QED) is 0.753. The van der Waals surface area contributed by atoms with Crippen LogP contribution in [0.25, 0.3) is 0 Å². The van der Waals surface area contributed by atoms with Crippen LogP contribution in [0.15, 0.2) is 24.3 Å². The summed E-state index contributed by atoms with van der Waals surface area (Å²) in [6.45, 7) is 10.2. The Balaban J connectivity index is 1.97. The third-order valence-electron chi connectivity index (χ3n) is 5.34. The van der Waals surface area contributed by atoms with Gasteiger partial charge < -0.3 is 14.7 Å². The molecule has 0 saturated carbocycles.